The number of nitriles is 1. The van der Waals surface area contributed by atoms with Crippen molar-refractivity contribution in [1.82, 2.24) is 5.32 Å². The van der Waals surface area contributed by atoms with Gasteiger partial charge < -0.3 is 10.6 Å². The number of aryl methyl sites for hydroxylation is 2. The quantitative estimate of drug-likeness (QED) is 0.729. The third kappa shape index (κ3) is 5.00. The molecule has 1 heterocycles. The SMILES string of the molecule is Cc1ccc(NC(=O)CSC2=C(C#N)C(c3ccccc3C)CC(=O)N2)cc1Cl. The summed E-state index contributed by atoms with van der Waals surface area (Å²) < 4.78 is 0. The molecule has 2 amide bonds. The number of thioether (sulfide) groups is 1. The van der Waals surface area contributed by atoms with E-state index in [1.807, 2.05) is 44.2 Å². The number of amides is 2. The molecule has 0 saturated carbocycles. The van der Waals surface area contributed by atoms with E-state index in [2.05, 4.69) is 16.7 Å². The molecule has 148 valence electrons. The summed E-state index contributed by atoms with van der Waals surface area (Å²) in [5.41, 5.74) is 3.99. The zero-order chi connectivity index (χ0) is 21.0. The van der Waals surface area contributed by atoms with Crippen LogP contribution in [0.15, 0.2) is 53.1 Å². The molecule has 1 aliphatic rings. The van der Waals surface area contributed by atoms with Crippen LogP contribution in [0.3, 0.4) is 0 Å². The smallest absolute Gasteiger partial charge is 0.234 e. The monoisotopic (exact) mass is 425 g/mol. The van der Waals surface area contributed by atoms with E-state index in [-0.39, 0.29) is 29.9 Å². The van der Waals surface area contributed by atoms with Gasteiger partial charge in [-0.3, -0.25) is 9.59 Å². The number of allylic oxidation sites excluding steroid dienone is 1. The van der Waals surface area contributed by atoms with Crippen LogP contribution in [-0.4, -0.2) is 17.6 Å². The Morgan fingerprint density at radius 2 is 2.03 bits per heavy atom. The Kier molecular flexibility index (Phi) is 6.63. The minimum Gasteiger partial charge on any atom is -0.325 e. The molecule has 0 radical (unpaired) electrons. The number of hydrogen-bond acceptors (Lipinski definition) is 4. The molecule has 0 spiro atoms. The van der Waals surface area contributed by atoms with E-state index in [4.69, 9.17) is 11.6 Å². The van der Waals surface area contributed by atoms with Crippen molar-refractivity contribution in [2.75, 3.05) is 11.1 Å². The zero-order valence-electron chi connectivity index (χ0n) is 16.1. The van der Waals surface area contributed by atoms with E-state index in [1.54, 1.807) is 12.1 Å². The number of carbonyl (C=O) groups excluding carboxylic acids is 2. The number of hydrogen-bond donors (Lipinski definition) is 2. The van der Waals surface area contributed by atoms with E-state index in [0.717, 1.165) is 28.5 Å². The number of nitrogens with zero attached hydrogens (tertiary/aromatic N) is 1. The first-order chi connectivity index (χ1) is 13.9. The Morgan fingerprint density at radius 1 is 1.28 bits per heavy atom. The van der Waals surface area contributed by atoms with Crippen molar-refractivity contribution in [3.8, 4) is 6.07 Å². The highest BCUT2D eigenvalue weighted by Crippen LogP contribution is 2.37. The van der Waals surface area contributed by atoms with Gasteiger partial charge in [-0.15, -0.1) is 0 Å². The average molecular weight is 426 g/mol. The molecule has 7 heteroatoms. The average Bonchev–Trinajstić information content (AvgIpc) is 2.69. The van der Waals surface area contributed by atoms with Crippen LogP contribution in [-0.2, 0) is 9.59 Å². The fourth-order valence-corrected chi connectivity index (χ4v) is 4.24. The Labute approximate surface area is 179 Å². The maximum atomic E-state index is 12.3. The van der Waals surface area contributed by atoms with Crippen LogP contribution in [0, 0.1) is 25.2 Å². The summed E-state index contributed by atoms with van der Waals surface area (Å²) in [6.45, 7) is 3.85. The van der Waals surface area contributed by atoms with E-state index in [9.17, 15) is 14.9 Å². The first kappa shape index (κ1) is 21.0. The zero-order valence-corrected chi connectivity index (χ0v) is 17.7. The Bertz CT molecular complexity index is 1040. The van der Waals surface area contributed by atoms with Gasteiger partial charge in [0, 0.05) is 23.0 Å². The largest absolute Gasteiger partial charge is 0.325 e. The van der Waals surface area contributed by atoms with Gasteiger partial charge in [-0.2, -0.15) is 5.26 Å². The summed E-state index contributed by atoms with van der Waals surface area (Å²) in [5.74, 6) is -0.652. The molecule has 1 aliphatic heterocycles. The summed E-state index contributed by atoms with van der Waals surface area (Å²) >= 11 is 7.24. The number of benzene rings is 2. The first-order valence-electron chi connectivity index (χ1n) is 9.07. The van der Waals surface area contributed by atoms with E-state index in [0.29, 0.717) is 21.3 Å². The molecule has 5 nitrogen and oxygen atoms in total. The number of halogens is 1. The van der Waals surface area contributed by atoms with Gasteiger partial charge in [0.25, 0.3) is 0 Å². The normalized spacial score (nSPS) is 16.2. The van der Waals surface area contributed by atoms with Gasteiger partial charge >= 0.3 is 0 Å². The minimum atomic E-state index is -0.309. The molecule has 0 aliphatic carbocycles. The molecule has 3 rings (SSSR count). The molecular weight excluding hydrogens is 406 g/mol. The maximum Gasteiger partial charge on any atom is 0.234 e. The molecule has 0 aromatic heterocycles. The predicted octanol–water partition coefficient (Wildman–Crippen LogP) is 4.67. The van der Waals surface area contributed by atoms with E-state index >= 15 is 0 Å². The Balaban J connectivity index is 1.76. The summed E-state index contributed by atoms with van der Waals surface area (Å²) in [6, 6.07) is 15.3. The second-order valence-corrected chi connectivity index (χ2v) is 8.21. The molecule has 2 N–H and O–H groups in total. The predicted molar refractivity (Wildman–Crippen MR) is 117 cm³/mol. The molecule has 2 aromatic rings. The second kappa shape index (κ2) is 9.17. The third-order valence-corrected chi connectivity index (χ3v) is 6.15. The maximum absolute atomic E-state index is 12.3. The van der Waals surface area contributed by atoms with Crippen molar-refractivity contribution in [1.29, 1.82) is 5.26 Å². The summed E-state index contributed by atoms with van der Waals surface area (Å²) in [4.78, 5) is 24.6. The summed E-state index contributed by atoms with van der Waals surface area (Å²) in [5, 5.41) is 16.3. The van der Waals surface area contributed by atoms with Crippen molar-refractivity contribution < 1.29 is 9.59 Å². The molecule has 2 aromatic carbocycles. The van der Waals surface area contributed by atoms with E-state index < -0.39 is 0 Å². The fraction of sp³-hybridized carbons (Fsp3) is 0.227. The lowest BCUT2D eigenvalue weighted by molar-refractivity contribution is -0.121. The third-order valence-electron chi connectivity index (χ3n) is 4.72. The lowest BCUT2D eigenvalue weighted by Gasteiger charge is -2.26. The Hall–Kier alpha value is -2.75. The highest BCUT2D eigenvalue weighted by atomic mass is 35.5. The second-order valence-electron chi connectivity index (χ2n) is 6.82. The Morgan fingerprint density at radius 3 is 2.72 bits per heavy atom. The van der Waals surface area contributed by atoms with Crippen molar-refractivity contribution in [3.05, 3.63) is 74.8 Å². The van der Waals surface area contributed by atoms with Crippen molar-refractivity contribution >= 4 is 40.9 Å². The van der Waals surface area contributed by atoms with Crippen molar-refractivity contribution in [3.63, 3.8) is 0 Å². The van der Waals surface area contributed by atoms with Gasteiger partial charge in [-0.1, -0.05) is 53.7 Å². The van der Waals surface area contributed by atoms with E-state index in [1.165, 1.54) is 0 Å². The molecule has 1 unspecified atom stereocenters. The molecule has 0 saturated heterocycles. The first-order valence-corrected chi connectivity index (χ1v) is 10.4. The van der Waals surface area contributed by atoms with Crippen LogP contribution >= 0.6 is 23.4 Å². The van der Waals surface area contributed by atoms with Crippen LogP contribution in [0.5, 0.6) is 0 Å². The number of carbonyl (C=O) groups is 2. The van der Waals surface area contributed by atoms with Gasteiger partial charge in [-0.05, 0) is 42.7 Å². The summed E-state index contributed by atoms with van der Waals surface area (Å²) in [6.07, 6.45) is 0.214. The fourth-order valence-electron chi connectivity index (χ4n) is 3.18. The molecule has 0 fully saturated rings. The highest BCUT2D eigenvalue weighted by Gasteiger charge is 2.30. The summed E-state index contributed by atoms with van der Waals surface area (Å²) in [7, 11) is 0. The molecule has 0 bridgehead atoms. The lowest BCUT2D eigenvalue weighted by Crippen LogP contribution is -2.31. The number of nitrogens with one attached hydrogen (secondary N) is 2. The molecule has 1 atom stereocenters. The van der Waals surface area contributed by atoms with Crippen LogP contribution in [0.1, 0.15) is 29.0 Å². The molecular formula is C22H20ClN3O2S. The van der Waals surface area contributed by atoms with Crippen LogP contribution in [0.4, 0.5) is 5.69 Å². The lowest BCUT2D eigenvalue weighted by atomic mass is 9.85. The van der Waals surface area contributed by atoms with Gasteiger partial charge in [0.2, 0.25) is 11.8 Å². The van der Waals surface area contributed by atoms with Crippen molar-refractivity contribution in [2.24, 2.45) is 0 Å². The van der Waals surface area contributed by atoms with Crippen LogP contribution < -0.4 is 10.6 Å². The molecule has 29 heavy (non-hydrogen) atoms. The standard InChI is InChI=1S/C22H20ClN3O2S/c1-13-5-3-4-6-16(13)17-10-20(27)26-22(18(17)11-24)29-12-21(28)25-15-8-7-14(2)19(23)9-15/h3-9,17H,10,12H2,1-2H3,(H,25,28)(H,26,27). The van der Waals surface area contributed by atoms with Crippen LogP contribution in [0.2, 0.25) is 5.02 Å². The van der Waals surface area contributed by atoms with Gasteiger partial charge in [0.1, 0.15) is 0 Å². The van der Waals surface area contributed by atoms with Gasteiger partial charge in [0.15, 0.2) is 0 Å². The van der Waals surface area contributed by atoms with Crippen LogP contribution in [0.25, 0.3) is 0 Å². The minimum absolute atomic E-state index is 0.0623. The highest BCUT2D eigenvalue weighted by molar-refractivity contribution is 8.03. The van der Waals surface area contributed by atoms with Gasteiger partial charge in [0.05, 0.1) is 22.4 Å². The topological polar surface area (TPSA) is 82.0 Å². The van der Waals surface area contributed by atoms with Gasteiger partial charge in [-0.25, -0.2) is 0 Å². The number of rotatable bonds is 5. The number of anilines is 1. The van der Waals surface area contributed by atoms with Crippen molar-refractivity contribution in [2.45, 2.75) is 26.2 Å².